The van der Waals surface area contributed by atoms with Crippen molar-refractivity contribution in [3.63, 3.8) is 0 Å². The van der Waals surface area contributed by atoms with E-state index in [1.807, 2.05) is 26.0 Å². The van der Waals surface area contributed by atoms with Crippen LogP contribution in [0.1, 0.15) is 19.9 Å². The molecule has 0 fully saturated rings. The first kappa shape index (κ1) is 14.4. The van der Waals surface area contributed by atoms with Gasteiger partial charge in [-0.05, 0) is 18.1 Å². The Bertz CT molecular complexity index is 838. The van der Waals surface area contributed by atoms with Gasteiger partial charge in [0.25, 0.3) is 0 Å². The minimum absolute atomic E-state index is 0.0885. The first-order valence-corrected chi connectivity index (χ1v) is 7.10. The molecule has 0 saturated heterocycles. The Kier molecular flexibility index (Phi) is 3.72. The zero-order chi connectivity index (χ0) is 15.7. The molecule has 0 unspecified atom stereocenters. The van der Waals surface area contributed by atoms with Crippen molar-refractivity contribution < 1.29 is 5.11 Å². The van der Waals surface area contributed by atoms with Crippen LogP contribution >= 0.6 is 0 Å². The summed E-state index contributed by atoms with van der Waals surface area (Å²) in [6.07, 6.45) is 4.97. The Labute approximate surface area is 126 Å². The SMILES string of the molecule is CC(C)[C@@H](CO)n1c(=O)[nH]c2ncc(-c3cccnc3)nc21. The van der Waals surface area contributed by atoms with Crippen LogP contribution < -0.4 is 5.69 Å². The first-order chi connectivity index (χ1) is 10.6. The number of nitrogens with one attached hydrogen (secondary N) is 1. The maximum Gasteiger partial charge on any atom is 0.329 e. The fourth-order valence-corrected chi connectivity index (χ4v) is 2.44. The molecule has 0 aliphatic carbocycles. The number of aromatic amines is 1. The second-order valence-corrected chi connectivity index (χ2v) is 5.46. The molecule has 0 bridgehead atoms. The molecule has 3 heterocycles. The van der Waals surface area contributed by atoms with Gasteiger partial charge in [-0.3, -0.25) is 14.5 Å². The molecule has 1 atom stereocenters. The van der Waals surface area contributed by atoms with Gasteiger partial charge in [-0.1, -0.05) is 13.8 Å². The number of H-pyrrole nitrogens is 1. The number of fused-ring (bicyclic) bond motifs is 1. The lowest BCUT2D eigenvalue weighted by Crippen LogP contribution is -2.28. The lowest BCUT2D eigenvalue weighted by atomic mass is 10.1. The number of imidazole rings is 1. The van der Waals surface area contributed by atoms with Crippen LogP contribution in [0.4, 0.5) is 0 Å². The third-order valence-electron chi connectivity index (χ3n) is 3.67. The number of hydrogen-bond acceptors (Lipinski definition) is 5. The van der Waals surface area contributed by atoms with Gasteiger partial charge >= 0.3 is 5.69 Å². The molecule has 7 nitrogen and oxygen atoms in total. The Morgan fingerprint density at radius 1 is 1.36 bits per heavy atom. The van der Waals surface area contributed by atoms with Crippen molar-refractivity contribution in [3.8, 4) is 11.3 Å². The molecule has 3 rings (SSSR count). The maximum absolute atomic E-state index is 12.2. The largest absolute Gasteiger partial charge is 0.394 e. The Balaban J connectivity index is 2.21. The van der Waals surface area contributed by atoms with E-state index in [0.29, 0.717) is 17.0 Å². The molecule has 7 heteroatoms. The normalized spacial score (nSPS) is 12.9. The van der Waals surface area contributed by atoms with Gasteiger partial charge in [0.05, 0.1) is 24.5 Å². The fraction of sp³-hybridized carbons (Fsp3) is 0.333. The summed E-state index contributed by atoms with van der Waals surface area (Å²) >= 11 is 0. The van der Waals surface area contributed by atoms with Crippen molar-refractivity contribution in [2.45, 2.75) is 19.9 Å². The second kappa shape index (κ2) is 5.69. The molecule has 0 spiro atoms. The Morgan fingerprint density at radius 2 is 2.18 bits per heavy atom. The van der Waals surface area contributed by atoms with E-state index in [4.69, 9.17) is 0 Å². The van der Waals surface area contributed by atoms with E-state index in [1.54, 1.807) is 18.6 Å². The van der Waals surface area contributed by atoms with Crippen LogP contribution in [0.3, 0.4) is 0 Å². The van der Waals surface area contributed by atoms with Crippen LogP contribution in [0.5, 0.6) is 0 Å². The molecule has 0 amide bonds. The standard InChI is InChI=1S/C15H17N5O2/c1-9(2)12(8-21)20-14-13(19-15(20)22)17-7-11(18-14)10-4-3-5-16-6-10/h3-7,9,12,21H,8H2,1-2H3,(H,17,19,22)/t12-/m1/s1. The summed E-state index contributed by atoms with van der Waals surface area (Å²) in [6.45, 7) is 3.76. The van der Waals surface area contributed by atoms with E-state index < -0.39 is 0 Å². The number of hydrogen-bond donors (Lipinski definition) is 2. The van der Waals surface area contributed by atoms with E-state index >= 15 is 0 Å². The molecule has 0 saturated carbocycles. The average molecular weight is 299 g/mol. The molecular formula is C15H17N5O2. The van der Waals surface area contributed by atoms with Gasteiger partial charge in [0.1, 0.15) is 0 Å². The Hall–Kier alpha value is -2.54. The van der Waals surface area contributed by atoms with Gasteiger partial charge < -0.3 is 5.11 Å². The average Bonchev–Trinajstić information content (AvgIpc) is 2.84. The highest BCUT2D eigenvalue weighted by molar-refractivity contribution is 5.70. The summed E-state index contributed by atoms with van der Waals surface area (Å²) in [6, 6.07) is 3.35. The van der Waals surface area contributed by atoms with Gasteiger partial charge in [0.2, 0.25) is 0 Å². The summed E-state index contributed by atoms with van der Waals surface area (Å²) in [5, 5.41) is 9.61. The molecule has 0 aliphatic heterocycles. The quantitative estimate of drug-likeness (QED) is 0.758. The van der Waals surface area contributed by atoms with Crippen molar-refractivity contribution in [1.82, 2.24) is 24.5 Å². The van der Waals surface area contributed by atoms with Crippen molar-refractivity contribution in [1.29, 1.82) is 0 Å². The fourth-order valence-electron chi connectivity index (χ4n) is 2.44. The summed E-state index contributed by atoms with van der Waals surface area (Å²) < 4.78 is 1.48. The molecule has 3 aromatic heterocycles. The van der Waals surface area contributed by atoms with Crippen LogP contribution in [0.15, 0.2) is 35.5 Å². The molecule has 3 aromatic rings. The summed E-state index contributed by atoms with van der Waals surface area (Å²) in [7, 11) is 0. The van der Waals surface area contributed by atoms with Gasteiger partial charge in [-0.15, -0.1) is 0 Å². The topological polar surface area (TPSA) is 96.7 Å². The lowest BCUT2D eigenvalue weighted by Gasteiger charge is -2.19. The first-order valence-electron chi connectivity index (χ1n) is 7.10. The van der Waals surface area contributed by atoms with Gasteiger partial charge in [-0.25, -0.2) is 14.8 Å². The number of nitrogens with zero attached hydrogens (tertiary/aromatic N) is 4. The van der Waals surface area contributed by atoms with E-state index in [-0.39, 0.29) is 24.3 Å². The summed E-state index contributed by atoms with van der Waals surface area (Å²) in [4.78, 5) is 27.7. The van der Waals surface area contributed by atoms with Gasteiger partial charge in [0, 0.05) is 18.0 Å². The highest BCUT2D eigenvalue weighted by Gasteiger charge is 2.21. The maximum atomic E-state index is 12.2. The third-order valence-corrected chi connectivity index (χ3v) is 3.67. The number of rotatable bonds is 4. The van der Waals surface area contributed by atoms with E-state index in [9.17, 15) is 9.90 Å². The molecule has 2 N–H and O–H groups in total. The van der Waals surface area contributed by atoms with E-state index in [2.05, 4.69) is 19.9 Å². The van der Waals surface area contributed by atoms with Crippen molar-refractivity contribution in [3.05, 3.63) is 41.2 Å². The van der Waals surface area contributed by atoms with Crippen molar-refractivity contribution >= 4 is 11.3 Å². The van der Waals surface area contributed by atoms with Crippen LogP contribution in [-0.4, -0.2) is 36.2 Å². The molecule has 114 valence electrons. The minimum atomic E-state index is -0.348. The monoisotopic (exact) mass is 299 g/mol. The van der Waals surface area contributed by atoms with Crippen LogP contribution in [0.25, 0.3) is 22.6 Å². The summed E-state index contributed by atoms with van der Waals surface area (Å²) in [5.74, 6) is 0.0885. The third kappa shape index (κ3) is 2.39. The minimum Gasteiger partial charge on any atom is -0.394 e. The van der Waals surface area contributed by atoms with Crippen LogP contribution in [-0.2, 0) is 0 Å². The highest BCUT2D eigenvalue weighted by Crippen LogP contribution is 2.21. The number of aromatic nitrogens is 5. The van der Waals surface area contributed by atoms with Crippen LogP contribution in [0, 0.1) is 5.92 Å². The van der Waals surface area contributed by atoms with Gasteiger partial charge in [0.15, 0.2) is 11.3 Å². The molecular weight excluding hydrogens is 282 g/mol. The predicted octanol–water partition coefficient (Wildman–Crippen LogP) is 1.37. The molecule has 0 aliphatic rings. The predicted molar refractivity (Wildman–Crippen MR) is 82.3 cm³/mol. The molecule has 22 heavy (non-hydrogen) atoms. The lowest BCUT2D eigenvalue weighted by molar-refractivity contribution is 0.193. The van der Waals surface area contributed by atoms with Crippen molar-refractivity contribution in [2.24, 2.45) is 5.92 Å². The van der Waals surface area contributed by atoms with E-state index in [1.165, 1.54) is 4.57 Å². The van der Waals surface area contributed by atoms with E-state index in [0.717, 1.165) is 5.56 Å². The molecule has 0 aromatic carbocycles. The van der Waals surface area contributed by atoms with Crippen LogP contribution in [0.2, 0.25) is 0 Å². The molecule has 0 radical (unpaired) electrons. The number of aliphatic hydroxyl groups excluding tert-OH is 1. The zero-order valence-corrected chi connectivity index (χ0v) is 12.4. The zero-order valence-electron chi connectivity index (χ0n) is 12.4. The second-order valence-electron chi connectivity index (χ2n) is 5.46. The highest BCUT2D eigenvalue weighted by atomic mass is 16.3. The van der Waals surface area contributed by atoms with Gasteiger partial charge in [-0.2, -0.15) is 0 Å². The smallest absolute Gasteiger partial charge is 0.329 e. The van der Waals surface area contributed by atoms with Crippen molar-refractivity contribution in [2.75, 3.05) is 6.61 Å². The number of aliphatic hydroxyl groups is 1. The Morgan fingerprint density at radius 3 is 2.82 bits per heavy atom. The number of pyridine rings is 1. The summed E-state index contributed by atoms with van der Waals surface area (Å²) in [5.41, 5.74) is 2.00.